The van der Waals surface area contributed by atoms with E-state index in [0.29, 0.717) is 39.0 Å². The Morgan fingerprint density at radius 3 is 2.32 bits per heavy atom. The molecule has 2 saturated heterocycles. The third kappa shape index (κ3) is 4.93. The lowest BCUT2D eigenvalue weighted by atomic mass is 9.73. The summed E-state index contributed by atoms with van der Waals surface area (Å²) in [6.45, 7) is 9.75. The molecule has 1 N–H and O–H groups in total. The molecule has 0 aromatic heterocycles. The number of likely N-dealkylation sites (tertiary alicyclic amines) is 1. The van der Waals surface area contributed by atoms with E-state index in [2.05, 4.69) is 6.92 Å². The first-order valence-electron chi connectivity index (χ1n) is 15.3. The summed E-state index contributed by atoms with van der Waals surface area (Å²) in [6.07, 6.45) is 10.6. The molecule has 8 heteroatoms. The maximum atomic E-state index is 14.7. The molecule has 4 aliphatic heterocycles. The minimum Gasteiger partial charge on any atom is -0.394 e. The average Bonchev–Trinajstić information content (AvgIpc) is 3.27. The monoisotopic (exact) mass is 563 g/mol. The van der Waals surface area contributed by atoms with Crippen molar-refractivity contribution in [3.05, 3.63) is 60.2 Å². The van der Waals surface area contributed by atoms with Gasteiger partial charge in [-0.05, 0) is 30.7 Å². The highest BCUT2D eigenvalue weighted by Crippen LogP contribution is 2.59. The van der Waals surface area contributed by atoms with E-state index < -0.39 is 35.1 Å². The Hall–Kier alpha value is -2.97. The Morgan fingerprint density at radius 1 is 0.951 bits per heavy atom. The number of aliphatic hydroxyl groups is 1. The van der Waals surface area contributed by atoms with Crippen molar-refractivity contribution >= 4 is 17.7 Å². The van der Waals surface area contributed by atoms with Crippen molar-refractivity contribution in [3.8, 4) is 0 Å². The standard InChI is InChI=1S/C33H45N3O5/c1-5-7-17-34-18-12-16-33-27(30(39)36(28(33)31(34)40)25(22-37)20-23(3)4)26-29(38)35(21-24-13-9-8-10-14-24)19-11-15-32(26,6-2)41-33/h8-16,23,25-28,37H,5-7,17-22H2,1-4H3/t25-,26+,27+,28?,32-,33+/m1/s1. The lowest BCUT2D eigenvalue weighted by Crippen LogP contribution is -2.59. The minimum atomic E-state index is -1.30. The van der Waals surface area contributed by atoms with Crippen LogP contribution in [0.25, 0.3) is 0 Å². The molecular formula is C33H45N3O5. The third-order valence-corrected chi connectivity index (χ3v) is 9.39. The van der Waals surface area contributed by atoms with Gasteiger partial charge < -0.3 is 24.5 Å². The predicted octanol–water partition coefficient (Wildman–Crippen LogP) is 3.55. The van der Waals surface area contributed by atoms with Gasteiger partial charge in [0.2, 0.25) is 17.7 Å². The van der Waals surface area contributed by atoms with Gasteiger partial charge in [-0.2, -0.15) is 0 Å². The molecule has 1 aromatic rings. The molecule has 0 aliphatic carbocycles. The van der Waals surface area contributed by atoms with E-state index in [1.54, 1.807) is 14.7 Å². The van der Waals surface area contributed by atoms with Crippen LogP contribution in [0.5, 0.6) is 0 Å². The zero-order chi connectivity index (χ0) is 29.4. The van der Waals surface area contributed by atoms with Crippen LogP contribution < -0.4 is 0 Å². The topological polar surface area (TPSA) is 90.4 Å². The van der Waals surface area contributed by atoms with E-state index in [0.717, 1.165) is 18.4 Å². The van der Waals surface area contributed by atoms with Crippen molar-refractivity contribution in [1.82, 2.24) is 14.7 Å². The number of nitrogens with zero attached hydrogens (tertiary/aromatic N) is 3. The molecule has 1 unspecified atom stereocenters. The van der Waals surface area contributed by atoms with Gasteiger partial charge in [0.1, 0.15) is 11.6 Å². The second-order valence-corrected chi connectivity index (χ2v) is 12.5. The van der Waals surface area contributed by atoms with E-state index in [1.807, 2.05) is 75.4 Å². The quantitative estimate of drug-likeness (QED) is 0.440. The molecule has 2 fully saturated rings. The fourth-order valence-corrected chi connectivity index (χ4v) is 7.51. The predicted molar refractivity (Wildman–Crippen MR) is 156 cm³/mol. The first kappa shape index (κ1) is 29.5. The lowest BCUT2D eigenvalue weighted by Gasteiger charge is -2.41. The molecule has 1 spiro atoms. The number of rotatable bonds is 10. The van der Waals surface area contributed by atoms with Crippen molar-refractivity contribution in [3.63, 3.8) is 0 Å². The summed E-state index contributed by atoms with van der Waals surface area (Å²) < 4.78 is 7.06. The maximum Gasteiger partial charge on any atom is 0.249 e. The molecule has 5 rings (SSSR count). The SMILES string of the molecule is CCCCN1CC=C[C@]23O[C@]4(CC)C=CCN(Cc5ccccc5)C(=O)[C@@H]4[C@H]2C(=O)N([C@@H](CO)CC(C)C)C3C1=O. The summed E-state index contributed by atoms with van der Waals surface area (Å²) in [5.41, 5.74) is -1.29. The molecule has 4 aliphatic rings. The van der Waals surface area contributed by atoms with Gasteiger partial charge in [-0.1, -0.05) is 88.8 Å². The molecule has 3 amide bonds. The molecular weight excluding hydrogens is 518 g/mol. The third-order valence-electron chi connectivity index (χ3n) is 9.39. The van der Waals surface area contributed by atoms with E-state index in [1.165, 1.54) is 0 Å². The molecule has 0 saturated carbocycles. The summed E-state index contributed by atoms with van der Waals surface area (Å²) in [4.78, 5) is 48.8. The summed E-state index contributed by atoms with van der Waals surface area (Å²) in [7, 11) is 0. The molecule has 222 valence electrons. The Labute approximate surface area is 244 Å². The molecule has 8 nitrogen and oxygen atoms in total. The number of unbranched alkanes of at least 4 members (excludes halogenated alkanes) is 1. The van der Waals surface area contributed by atoms with Crippen molar-refractivity contribution in [2.24, 2.45) is 17.8 Å². The van der Waals surface area contributed by atoms with E-state index in [9.17, 15) is 19.5 Å². The van der Waals surface area contributed by atoms with Crippen LogP contribution in [0.1, 0.15) is 58.9 Å². The van der Waals surface area contributed by atoms with Crippen LogP contribution in [-0.2, 0) is 25.7 Å². The van der Waals surface area contributed by atoms with Crippen LogP contribution in [0, 0.1) is 17.8 Å². The molecule has 4 heterocycles. The fraction of sp³-hybridized carbons (Fsp3) is 0.606. The van der Waals surface area contributed by atoms with Gasteiger partial charge in [0.05, 0.1) is 30.1 Å². The highest BCUT2D eigenvalue weighted by molar-refractivity contribution is 6.00. The highest BCUT2D eigenvalue weighted by atomic mass is 16.5. The van der Waals surface area contributed by atoms with E-state index in [-0.39, 0.29) is 30.2 Å². The number of hydrogen-bond donors (Lipinski definition) is 1. The molecule has 0 bridgehead atoms. The van der Waals surface area contributed by atoms with Gasteiger partial charge >= 0.3 is 0 Å². The Morgan fingerprint density at radius 2 is 1.66 bits per heavy atom. The van der Waals surface area contributed by atoms with Crippen LogP contribution in [0.3, 0.4) is 0 Å². The van der Waals surface area contributed by atoms with Crippen molar-refractivity contribution in [2.45, 2.75) is 83.2 Å². The number of fused-ring (bicyclic) bond motifs is 2. The molecule has 0 radical (unpaired) electrons. The summed E-state index contributed by atoms with van der Waals surface area (Å²) in [5.74, 6) is -2.02. The summed E-state index contributed by atoms with van der Waals surface area (Å²) in [5, 5.41) is 10.5. The van der Waals surface area contributed by atoms with Crippen LogP contribution in [0.4, 0.5) is 0 Å². The van der Waals surface area contributed by atoms with Crippen molar-refractivity contribution < 1.29 is 24.2 Å². The first-order chi connectivity index (χ1) is 19.7. The first-order valence-corrected chi connectivity index (χ1v) is 15.3. The van der Waals surface area contributed by atoms with E-state index in [4.69, 9.17) is 4.74 Å². The van der Waals surface area contributed by atoms with Crippen LogP contribution >= 0.6 is 0 Å². The number of hydrogen-bond acceptors (Lipinski definition) is 5. The van der Waals surface area contributed by atoms with Crippen LogP contribution in [0.15, 0.2) is 54.6 Å². The summed E-state index contributed by atoms with van der Waals surface area (Å²) in [6, 6.07) is 8.36. The normalized spacial score (nSPS) is 31.8. The van der Waals surface area contributed by atoms with Gasteiger partial charge in [-0.3, -0.25) is 14.4 Å². The van der Waals surface area contributed by atoms with E-state index >= 15 is 0 Å². The Kier molecular flexibility index (Phi) is 8.44. The average molecular weight is 564 g/mol. The molecule has 1 aromatic carbocycles. The fourth-order valence-electron chi connectivity index (χ4n) is 7.51. The number of carbonyl (C=O) groups is 3. The number of ether oxygens (including phenoxy) is 1. The number of aliphatic hydroxyl groups excluding tert-OH is 1. The highest BCUT2D eigenvalue weighted by Gasteiger charge is 2.75. The summed E-state index contributed by atoms with van der Waals surface area (Å²) >= 11 is 0. The number of benzene rings is 1. The zero-order valence-electron chi connectivity index (χ0n) is 24.9. The maximum absolute atomic E-state index is 14.7. The van der Waals surface area contributed by atoms with Crippen molar-refractivity contribution in [2.75, 3.05) is 26.2 Å². The second-order valence-electron chi connectivity index (χ2n) is 12.5. The van der Waals surface area contributed by atoms with Gasteiger partial charge in [0.25, 0.3) is 0 Å². The second kappa shape index (κ2) is 11.7. The van der Waals surface area contributed by atoms with Crippen LogP contribution in [-0.4, -0.2) is 87.1 Å². The van der Waals surface area contributed by atoms with Crippen molar-refractivity contribution in [1.29, 1.82) is 0 Å². The van der Waals surface area contributed by atoms with Gasteiger partial charge in [0.15, 0.2) is 0 Å². The molecule has 41 heavy (non-hydrogen) atoms. The largest absolute Gasteiger partial charge is 0.394 e. The Bertz CT molecular complexity index is 1200. The number of carbonyl (C=O) groups excluding carboxylic acids is 3. The smallest absolute Gasteiger partial charge is 0.249 e. The Balaban J connectivity index is 1.62. The molecule has 6 atom stereocenters. The van der Waals surface area contributed by atoms with Crippen LogP contribution in [0.2, 0.25) is 0 Å². The van der Waals surface area contributed by atoms with Gasteiger partial charge in [-0.15, -0.1) is 0 Å². The zero-order valence-corrected chi connectivity index (χ0v) is 24.9. The lowest BCUT2D eigenvalue weighted by molar-refractivity contribution is -0.157. The van der Waals surface area contributed by atoms with Gasteiger partial charge in [0, 0.05) is 26.2 Å². The number of amides is 3. The van der Waals surface area contributed by atoms with Gasteiger partial charge in [-0.25, -0.2) is 0 Å². The minimum absolute atomic E-state index is 0.131.